The van der Waals surface area contributed by atoms with Gasteiger partial charge in [0.2, 0.25) is 5.95 Å². The summed E-state index contributed by atoms with van der Waals surface area (Å²) in [6, 6.07) is 13.5. The van der Waals surface area contributed by atoms with Crippen molar-refractivity contribution in [2.45, 2.75) is 0 Å². The highest BCUT2D eigenvalue weighted by Crippen LogP contribution is 2.34. The van der Waals surface area contributed by atoms with Gasteiger partial charge in [0.05, 0.1) is 29.9 Å². The van der Waals surface area contributed by atoms with Crippen LogP contribution in [-0.2, 0) is 7.05 Å². The summed E-state index contributed by atoms with van der Waals surface area (Å²) in [5.74, 6) is 1.02. The highest BCUT2D eigenvalue weighted by Gasteiger charge is 2.12. The van der Waals surface area contributed by atoms with Crippen LogP contribution in [-0.4, -0.2) is 21.6 Å². The summed E-state index contributed by atoms with van der Waals surface area (Å²) in [7, 11) is 3.59. The lowest BCUT2D eigenvalue weighted by molar-refractivity contribution is 0.417. The maximum absolute atomic E-state index is 5.92. The molecule has 27 heavy (non-hydrogen) atoms. The minimum Gasteiger partial charge on any atom is -0.494 e. The number of nitrogens with one attached hydrogen (secondary N) is 1. The van der Waals surface area contributed by atoms with E-state index in [1.165, 1.54) is 0 Å². The molecule has 0 atom stereocenters. The predicted molar refractivity (Wildman–Crippen MR) is 109 cm³/mol. The second kappa shape index (κ2) is 6.53. The van der Waals surface area contributed by atoms with Gasteiger partial charge in [-0.05, 0) is 18.2 Å². The molecule has 0 saturated carbocycles. The Balaban J connectivity index is 1.74. The van der Waals surface area contributed by atoms with E-state index in [1.54, 1.807) is 25.4 Å². The van der Waals surface area contributed by atoms with Crippen LogP contribution in [0.4, 0.5) is 23.0 Å². The number of nitrogen functional groups attached to an aromatic ring is 2. The van der Waals surface area contributed by atoms with Gasteiger partial charge in [-0.1, -0.05) is 18.2 Å². The van der Waals surface area contributed by atoms with Gasteiger partial charge in [-0.15, -0.1) is 0 Å². The van der Waals surface area contributed by atoms with Gasteiger partial charge in [0.15, 0.2) is 0 Å². The Bertz CT molecular complexity index is 1130. The number of ether oxygens (including phenoxy) is 1. The second-order valence-corrected chi connectivity index (χ2v) is 6.24. The maximum atomic E-state index is 5.92. The van der Waals surface area contributed by atoms with Crippen LogP contribution < -0.4 is 21.5 Å². The number of nitrogens with zero attached hydrogens (tertiary/aromatic N) is 3. The molecule has 0 saturated heterocycles. The molecule has 0 radical (unpaired) electrons. The molecular formula is C20H20N6O. The zero-order valence-corrected chi connectivity index (χ0v) is 15.1. The molecular weight excluding hydrogens is 340 g/mol. The molecule has 7 nitrogen and oxygen atoms in total. The fraction of sp³-hybridized carbons (Fsp3) is 0.100. The Hall–Kier alpha value is -3.74. The largest absolute Gasteiger partial charge is 0.494 e. The first kappa shape index (κ1) is 16.7. The molecule has 0 amide bonds. The summed E-state index contributed by atoms with van der Waals surface area (Å²) < 4.78 is 7.46. The SMILES string of the molecule is COc1cc(N)c(N)cc1Nc1nccc(-c2cn(C)c3ccccc23)n1. The van der Waals surface area contributed by atoms with Gasteiger partial charge in [0.25, 0.3) is 0 Å². The molecule has 7 heteroatoms. The number of nitrogens with two attached hydrogens (primary N) is 2. The number of fused-ring (bicyclic) bond motifs is 1. The van der Waals surface area contributed by atoms with Crippen LogP contribution in [0.25, 0.3) is 22.2 Å². The first-order chi connectivity index (χ1) is 13.1. The molecule has 0 unspecified atom stereocenters. The number of benzene rings is 2. The Morgan fingerprint density at radius 1 is 1.07 bits per heavy atom. The number of aryl methyl sites for hydroxylation is 1. The smallest absolute Gasteiger partial charge is 0.227 e. The minimum absolute atomic E-state index is 0.447. The summed E-state index contributed by atoms with van der Waals surface area (Å²) in [5, 5.41) is 4.30. The highest BCUT2D eigenvalue weighted by molar-refractivity contribution is 5.95. The molecule has 2 heterocycles. The normalized spacial score (nSPS) is 10.9. The summed E-state index contributed by atoms with van der Waals surface area (Å²) in [5.41, 5.74) is 16.4. The maximum Gasteiger partial charge on any atom is 0.227 e. The van der Waals surface area contributed by atoms with Crippen LogP contribution in [0.15, 0.2) is 54.9 Å². The molecule has 0 bridgehead atoms. The lowest BCUT2D eigenvalue weighted by atomic mass is 10.1. The van der Waals surface area contributed by atoms with Crippen LogP contribution >= 0.6 is 0 Å². The molecule has 136 valence electrons. The van der Waals surface area contributed by atoms with Crippen molar-refractivity contribution in [2.75, 3.05) is 23.9 Å². The fourth-order valence-corrected chi connectivity index (χ4v) is 3.11. The average molecular weight is 360 g/mol. The molecule has 2 aromatic carbocycles. The van der Waals surface area contributed by atoms with E-state index in [1.807, 2.05) is 25.2 Å². The van der Waals surface area contributed by atoms with E-state index in [-0.39, 0.29) is 0 Å². The highest BCUT2D eigenvalue weighted by atomic mass is 16.5. The van der Waals surface area contributed by atoms with E-state index >= 15 is 0 Å². The topological polar surface area (TPSA) is 104 Å². The monoisotopic (exact) mass is 360 g/mol. The molecule has 0 spiro atoms. The van der Waals surface area contributed by atoms with Crippen molar-refractivity contribution in [3.8, 4) is 17.0 Å². The van der Waals surface area contributed by atoms with Crippen LogP contribution in [0.2, 0.25) is 0 Å². The third-order valence-corrected chi connectivity index (χ3v) is 4.48. The van der Waals surface area contributed by atoms with Crippen LogP contribution in [0.5, 0.6) is 5.75 Å². The predicted octanol–water partition coefficient (Wildman–Crippen LogP) is 3.55. The van der Waals surface area contributed by atoms with E-state index in [2.05, 4.69) is 38.2 Å². The van der Waals surface area contributed by atoms with Crippen molar-refractivity contribution < 1.29 is 4.74 Å². The zero-order valence-electron chi connectivity index (χ0n) is 15.1. The van der Waals surface area contributed by atoms with E-state index in [0.717, 1.165) is 22.2 Å². The average Bonchev–Trinajstić information content (AvgIpc) is 3.02. The molecule has 4 aromatic rings. The Morgan fingerprint density at radius 2 is 1.85 bits per heavy atom. The first-order valence-electron chi connectivity index (χ1n) is 8.44. The van der Waals surface area contributed by atoms with Crippen molar-refractivity contribution in [2.24, 2.45) is 7.05 Å². The lowest BCUT2D eigenvalue weighted by Crippen LogP contribution is -2.02. The van der Waals surface area contributed by atoms with Gasteiger partial charge in [-0.3, -0.25) is 0 Å². The van der Waals surface area contributed by atoms with Crippen LogP contribution in [0.1, 0.15) is 0 Å². The van der Waals surface area contributed by atoms with Gasteiger partial charge < -0.3 is 26.1 Å². The second-order valence-electron chi connectivity index (χ2n) is 6.24. The van der Waals surface area contributed by atoms with Crippen molar-refractivity contribution in [3.05, 3.63) is 54.9 Å². The molecule has 0 aliphatic rings. The molecule has 5 N–H and O–H groups in total. The minimum atomic E-state index is 0.447. The van der Waals surface area contributed by atoms with E-state index in [9.17, 15) is 0 Å². The van der Waals surface area contributed by atoms with E-state index in [4.69, 9.17) is 16.2 Å². The third kappa shape index (κ3) is 2.99. The summed E-state index contributed by atoms with van der Waals surface area (Å²) in [6.07, 6.45) is 3.79. The van der Waals surface area contributed by atoms with Gasteiger partial charge in [0.1, 0.15) is 5.75 Å². The standard InChI is InChI=1S/C20H20N6O/c1-26-11-13(12-5-3-4-6-18(12)26)16-7-8-23-20(24-16)25-17-9-14(21)15(22)10-19(17)27-2/h3-11H,21-22H2,1-2H3,(H,23,24,25). The third-order valence-electron chi connectivity index (χ3n) is 4.48. The molecule has 0 aliphatic carbocycles. The van der Waals surface area contributed by atoms with E-state index < -0.39 is 0 Å². The van der Waals surface area contributed by atoms with Crippen molar-refractivity contribution in [1.29, 1.82) is 0 Å². The summed E-state index contributed by atoms with van der Waals surface area (Å²) >= 11 is 0. The molecule has 2 aromatic heterocycles. The summed E-state index contributed by atoms with van der Waals surface area (Å²) in [4.78, 5) is 8.98. The molecule has 4 rings (SSSR count). The van der Waals surface area contributed by atoms with Crippen molar-refractivity contribution in [3.63, 3.8) is 0 Å². The number of aromatic nitrogens is 3. The fourth-order valence-electron chi connectivity index (χ4n) is 3.11. The Kier molecular flexibility index (Phi) is 4.04. The number of anilines is 4. The van der Waals surface area contributed by atoms with Gasteiger partial charge >= 0.3 is 0 Å². The van der Waals surface area contributed by atoms with Crippen molar-refractivity contribution >= 4 is 33.9 Å². The van der Waals surface area contributed by atoms with Gasteiger partial charge in [0, 0.05) is 42.0 Å². The van der Waals surface area contributed by atoms with Gasteiger partial charge in [-0.2, -0.15) is 0 Å². The van der Waals surface area contributed by atoms with Crippen molar-refractivity contribution in [1.82, 2.24) is 14.5 Å². The Labute approximate surface area is 156 Å². The van der Waals surface area contributed by atoms with Crippen LogP contribution in [0.3, 0.4) is 0 Å². The van der Waals surface area contributed by atoms with E-state index in [0.29, 0.717) is 28.8 Å². The zero-order chi connectivity index (χ0) is 19.0. The number of hydrogen-bond donors (Lipinski definition) is 3. The Morgan fingerprint density at radius 3 is 2.67 bits per heavy atom. The van der Waals surface area contributed by atoms with Crippen LogP contribution in [0, 0.1) is 0 Å². The number of rotatable bonds is 4. The number of para-hydroxylation sites is 1. The quantitative estimate of drug-likeness (QED) is 0.481. The first-order valence-corrected chi connectivity index (χ1v) is 8.44. The van der Waals surface area contributed by atoms with Gasteiger partial charge in [-0.25, -0.2) is 9.97 Å². The molecule has 0 fully saturated rings. The number of methoxy groups -OCH3 is 1. The number of hydrogen-bond acceptors (Lipinski definition) is 6. The molecule has 0 aliphatic heterocycles. The summed E-state index contributed by atoms with van der Waals surface area (Å²) in [6.45, 7) is 0. The lowest BCUT2D eigenvalue weighted by Gasteiger charge is -2.12.